The number of amides is 1. The summed E-state index contributed by atoms with van der Waals surface area (Å²) in [6.07, 6.45) is 2.80. The number of benzene rings is 2. The maximum atomic E-state index is 13.2. The number of nitrogens with zero attached hydrogens (tertiary/aromatic N) is 3. The molecule has 2 aromatic carbocycles. The molecule has 0 atom stereocenters. The van der Waals surface area contributed by atoms with E-state index >= 15 is 0 Å². The summed E-state index contributed by atoms with van der Waals surface area (Å²) >= 11 is 0. The minimum Gasteiger partial charge on any atom is -0.336 e. The van der Waals surface area contributed by atoms with Crippen LogP contribution in [0.1, 0.15) is 35.2 Å². The third kappa shape index (κ3) is 4.58. The first-order chi connectivity index (χ1) is 14.6. The van der Waals surface area contributed by atoms with Crippen molar-refractivity contribution in [2.75, 3.05) is 39.3 Å². The van der Waals surface area contributed by atoms with E-state index in [1.165, 1.54) is 9.87 Å². The first-order valence-corrected chi connectivity index (χ1v) is 12.1. The highest BCUT2D eigenvalue weighted by Gasteiger charge is 2.32. The lowest BCUT2D eigenvalue weighted by Crippen LogP contribution is -2.48. The molecule has 2 aliphatic rings. The van der Waals surface area contributed by atoms with Crippen LogP contribution in [-0.2, 0) is 16.6 Å². The molecule has 0 bridgehead atoms. The zero-order valence-electron chi connectivity index (χ0n) is 17.2. The highest BCUT2D eigenvalue weighted by molar-refractivity contribution is 7.89. The summed E-state index contributed by atoms with van der Waals surface area (Å²) in [7, 11) is -3.65. The number of hydrogen-bond donors (Lipinski definition) is 0. The zero-order chi connectivity index (χ0) is 21.0. The van der Waals surface area contributed by atoms with Gasteiger partial charge in [0.05, 0.1) is 10.5 Å². The topological polar surface area (TPSA) is 60.9 Å². The smallest absolute Gasteiger partial charge is 0.255 e. The van der Waals surface area contributed by atoms with Crippen molar-refractivity contribution >= 4 is 15.9 Å². The van der Waals surface area contributed by atoms with Crippen molar-refractivity contribution < 1.29 is 13.2 Å². The molecule has 0 saturated carbocycles. The summed E-state index contributed by atoms with van der Waals surface area (Å²) in [4.78, 5) is 17.5. The highest BCUT2D eigenvalue weighted by atomic mass is 32.2. The minimum atomic E-state index is -3.65. The maximum absolute atomic E-state index is 13.2. The number of rotatable bonds is 5. The van der Waals surface area contributed by atoms with Crippen molar-refractivity contribution in [3.05, 3.63) is 65.7 Å². The lowest BCUT2D eigenvalue weighted by atomic mass is 10.1. The molecule has 4 rings (SSSR count). The number of sulfonamides is 1. The van der Waals surface area contributed by atoms with E-state index in [2.05, 4.69) is 17.0 Å². The second-order valence-electron chi connectivity index (χ2n) is 8.01. The predicted octanol–water partition coefficient (Wildman–Crippen LogP) is 2.82. The zero-order valence-corrected chi connectivity index (χ0v) is 18.1. The molecule has 7 heteroatoms. The van der Waals surface area contributed by atoms with Crippen LogP contribution in [0.3, 0.4) is 0 Å². The Balaban J connectivity index is 1.46. The molecule has 1 amide bonds. The molecule has 2 fully saturated rings. The lowest BCUT2D eigenvalue weighted by molar-refractivity contribution is 0.0624. The number of piperazine rings is 1. The van der Waals surface area contributed by atoms with Crippen molar-refractivity contribution in [2.24, 2.45) is 0 Å². The fraction of sp³-hybridized carbons (Fsp3) is 0.435. The number of carbonyl (C=O) groups is 1. The third-order valence-electron chi connectivity index (χ3n) is 5.96. The summed E-state index contributed by atoms with van der Waals surface area (Å²) in [5, 5.41) is 0. The Bertz CT molecular complexity index is 964. The highest BCUT2D eigenvalue weighted by Crippen LogP contribution is 2.25. The molecule has 0 radical (unpaired) electrons. The van der Waals surface area contributed by atoms with Crippen LogP contribution in [0.25, 0.3) is 0 Å². The molecule has 6 nitrogen and oxygen atoms in total. The van der Waals surface area contributed by atoms with E-state index in [0.717, 1.165) is 38.9 Å². The van der Waals surface area contributed by atoms with Crippen LogP contribution >= 0.6 is 0 Å². The fourth-order valence-electron chi connectivity index (χ4n) is 4.23. The largest absolute Gasteiger partial charge is 0.336 e. The first kappa shape index (κ1) is 21.0. The van der Waals surface area contributed by atoms with Gasteiger partial charge in [-0.25, -0.2) is 8.42 Å². The van der Waals surface area contributed by atoms with E-state index in [4.69, 9.17) is 0 Å². The monoisotopic (exact) mass is 427 g/mol. The average Bonchev–Trinajstić information content (AvgIpc) is 2.80. The molecule has 30 heavy (non-hydrogen) atoms. The number of piperidine rings is 1. The Labute approximate surface area is 179 Å². The van der Waals surface area contributed by atoms with Crippen LogP contribution in [0.2, 0.25) is 0 Å². The van der Waals surface area contributed by atoms with Crippen LogP contribution in [0, 0.1) is 0 Å². The second kappa shape index (κ2) is 9.29. The van der Waals surface area contributed by atoms with Gasteiger partial charge in [-0.05, 0) is 30.5 Å². The normalized spacial score (nSPS) is 19.0. The molecular formula is C23H29N3O3S. The Hall–Kier alpha value is -2.22. The molecule has 2 aliphatic heterocycles. The van der Waals surface area contributed by atoms with Crippen LogP contribution in [0.15, 0.2) is 59.5 Å². The third-order valence-corrected chi connectivity index (χ3v) is 7.92. The molecule has 0 N–H and O–H groups in total. The fourth-order valence-corrected chi connectivity index (χ4v) is 5.93. The molecule has 0 aromatic heterocycles. The van der Waals surface area contributed by atoms with Crippen molar-refractivity contribution in [2.45, 2.75) is 30.7 Å². The van der Waals surface area contributed by atoms with Crippen LogP contribution in [0.4, 0.5) is 0 Å². The van der Waals surface area contributed by atoms with Gasteiger partial charge >= 0.3 is 0 Å². The SMILES string of the molecule is O=C(c1ccccc1S(=O)(=O)N1CCCCC1)N1CCN(Cc2ccccc2)CC1. The van der Waals surface area contributed by atoms with Gasteiger partial charge in [-0.3, -0.25) is 9.69 Å². The first-order valence-electron chi connectivity index (χ1n) is 10.7. The lowest BCUT2D eigenvalue weighted by Gasteiger charge is -2.35. The second-order valence-corrected chi connectivity index (χ2v) is 9.92. The van der Waals surface area contributed by atoms with Gasteiger partial charge in [0.15, 0.2) is 0 Å². The molecule has 2 aromatic rings. The Kier molecular flexibility index (Phi) is 6.51. The molecule has 2 saturated heterocycles. The molecule has 0 aliphatic carbocycles. The Morgan fingerprint density at radius 2 is 1.40 bits per heavy atom. The summed E-state index contributed by atoms with van der Waals surface area (Å²) < 4.78 is 27.9. The summed E-state index contributed by atoms with van der Waals surface area (Å²) in [5.74, 6) is -0.189. The standard InChI is InChI=1S/C23H29N3O3S/c27-23(25-17-15-24(16-18-25)19-20-9-3-1-4-10-20)21-11-5-6-12-22(21)30(28,29)26-13-7-2-8-14-26/h1,3-6,9-12H,2,7-8,13-19H2. The van der Waals surface area contributed by atoms with Gasteiger partial charge in [0.2, 0.25) is 10.0 Å². The predicted molar refractivity (Wildman–Crippen MR) is 117 cm³/mol. The van der Waals surface area contributed by atoms with E-state index in [1.807, 2.05) is 18.2 Å². The summed E-state index contributed by atoms with van der Waals surface area (Å²) in [6.45, 7) is 4.69. The number of carbonyl (C=O) groups excluding carboxylic acids is 1. The van der Waals surface area contributed by atoms with Crippen molar-refractivity contribution in [1.82, 2.24) is 14.1 Å². The average molecular weight is 428 g/mol. The van der Waals surface area contributed by atoms with Gasteiger partial charge in [-0.1, -0.05) is 48.9 Å². The number of hydrogen-bond acceptors (Lipinski definition) is 4. The van der Waals surface area contributed by atoms with Crippen molar-refractivity contribution in [3.63, 3.8) is 0 Å². The van der Waals surface area contributed by atoms with Gasteiger partial charge in [0, 0.05) is 45.8 Å². The molecular weight excluding hydrogens is 398 g/mol. The van der Waals surface area contributed by atoms with Gasteiger partial charge in [0.25, 0.3) is 5.91 Å². The molecule has 0 unspecified atom stereocenters. The van der Waals surface area contributed by atoms with E-state index in [0.29, 0.717) is 31.7 Å². The van der Waals surface area contributed by atoms with Crippen LogP contribution < -0.4 is 0 Å². The van der Waals surface area contributed by atoms with Gasteiger partial charge in [-0.2, -0.15) is 4.31 Å². The maximum Gasteiger partial charge on any atom is 0.255 e. The Morgan fingerprint density at radius 1 is 0.767 bits per heavy atom. The quantitative estimate of drug-likeness (QED) is 0.736. The molecule has 2 heterocycles. The summed E-state index contributed by atoms with van der Waals surface area (Å²) in [5.41, 5.74) is 1.55. The van der Waals surface area contributed by atoms with E-state index in [9.17, 15) is 13.2 Å². The van der Waals surface area contributed by atoms with E-state index < -0.39 is 10.0 Å². The molecule has 160 valence electrons. The summed E-state index contributed by atoms with van der Waals surface area (Å²) in [6, 6.07) is 17.0. The van der Waals surface area contributed by atoms with E-state index in [1.54, 1.807) is 29.2 Å². The van der Waals surface area contributed by atoms with Crippen LogP contribution in [0.5, 0.6) is 0 Å². The van der Waals surface area contributed by atoms with Crippen LogP contribution in [-0.4, -0.2) is 67.7 Å². The molecule has 0 spiro atoms. The minimum absolute atomic E-state index is 0.142. The van der Waals surface area contributed by atoms with Gasteiger partial charge in [-0.15, -0.1) is 0 Å². The van der Waals surface area contributed by atoms with E-state index in [-0.39, 0.29) is 10.8 Å². The van der Waals surface area contributed by atoms with Crippen molar-refractivity contribution in [1.29, 1.82) is 0 Å². The van der Waals surface area contributed by atoms with Gasteiger partial charge in [0.1, 0.15) is 0 Å². The Morgan fingerprint density at radius 3 is 2.10 bits per heavy atom. The van der Waals surface area contributed by atoms with Crippen molar-refractivity contribution in [3.8, 4) is 0 Å². The van der Waals surface area contributed by atoms with Gasteiger partial charge < -0.3 is 4.90 Å².